The van der Waals surface area contributed by atoms with Crippen LogP contribution in [0.4, 0.5) is 20.2 Å². The Bertz CT molecular complexity index is 708. The van der Waals surface area contributed by atoms with E-state index in [0.717, 1.165) is 6.07 Å². The van der Waals surface area contributed by atoms with Crippen molar-refractivity contribution in [3.63, 3.8) is 0 Å². The smallest absolute Gasteiger partial charge is 0.243 e. The summed E-state index contributed by atoms with van der Waals surface area (Å²) in [5, 5.41) is 5.24. The minimum atomic E-state index is -0.829. The lowest BCUT2D eigenvalue weighted by atomic mass is 10.2. The minimum absolute atomic E-state index is 0.0782. The molecule has 0 heterocycles. The molecule has 0 aliphatic carbocycles. The Hall–Kier alpha value is -2.83. The summed E-state index contributed by atoms with van der Waals surface area (Å²) in [5.74, 6) is -0.919. The van der Waals surface area contributed by atoms with Crippen molar-refractivity contribution in [3.05, 3.63) is 48.0 Å². The third-order valence-electron chi connectivity index (χ3n) is 3.04. The van der Waals surface area contributed by atoms with E-state index in [9.17, 15) is 13.6 Å². The van der Waals surface area contributed by atoms with Gasteiger partial charge in [0.1, 0.15) is 11.6 Å². The average Bonchev–Trinajstić information content (AvgIpc) is 2.55. The van der Waals surface area contributed by atoms with Crippen LogP contribution in [-0.2, 0) is 4.79 Å². The van der Waals surface area contributed by atoms with E-state index < -0.39 is 17.5 Å². The van der Waals surface area contributed by atoms with Crippen LogP contribution >= 0.6 is 0 Å². The van der Waals surface area contributed by atoms with Crippen LogP contribution in [0.1, 0.15) is 0 Å². The minimum Gasteiger partial charge on any atom is -0.493 e. The fraction of sp³-hybridized carbons (Fsp3) is 0.188. The lowest BCUT2D eigenvalue weighted by Crippen LogP contribution is -2.22. The van der Waals surface area contributed by atoms with E-state index in [2.05, 4.69) is 10.6 Å². The number of hydrogen-bond donors (Lipinski definition) is 2. The Kier molecular flexibility index (Phi) is 5.35. The van der Waals surface area contributed by atoms with Crippen LogP contribution in [0.3, 0.4) is 0 Å². The number of carbonyl (C=O) groups is 1. The molecule has 0 bridgehead atoms. The Morgan fingerprint density at radius 2 is 1.78 bits per heavy atom. The van der Waals surface area contributed by atoms with Crippen molar-refractivity contribution in [2.45, 2.75) is 0 Å². The standard InChI is InChI=1S/C16H16F2N2O3/c1-22-14-6-4-11(8-15(14)23-2)19-9-16(21)20-13-5-3-10(17)7-12(13)18/h3-8,19H,9H2,1-2H3,(H,20,21). The van der Waals surface area contributed by atoms with Gasteiger partial charge in [0, 0.05) is 17.8 Å². The normalized spacial score (nSPS) is 10.1. The van der Waals surface area contributed by atoms with E-state index in [-0.39, 0.29) is 12.2 Å². The van der Waals surface area contributed by atoms with Crippen molar-refractivity contribution in [2.24, 2.45) is 0 Å². The zero-order chi connectivity index (χ0) is 16.8. The van der Waals surface area contributed by atoms with Gasteiger partial charge in [0.2, 0.25) is 5.91 Å². The number of anilines is 2. The summed E-state index contributed by atoms with van der Waals surface area (Å²) in [7, 11) is 3.03. The third kappa shape index (κ3) is 4.32. The predicted octanol–water partition coefficient (Wildman–Crippen LogP) is 3.03. The SMILES string of the molecule is COc1ccc(NCC(=O)Nc2ccc(F)cc2F)cc1OC. The summed E-state index contributed by atoms with van der Waals surface area (Å²) >= 11 is 0. The maximum absolute atomic E-state index is 13.5. The molecule has 0 atom stereocenters. The largest absolute Gasteiger partial charge is 0.493 e. The molecule has 1 amide bonds. The molecular formula is C16H16F2N2O3. The summed E-state index contributed by atoms with van der Waals surface area (Å²) in [4.78, 5) is 11.8. The molecule has 7 heteroatoms. The van der Waals surface area contributed by atoms with Gasteiger partial charge in [0.25, 0.3) is 0 Å². The first-order chi connectivity index (χ1) is 11.0. The quantitative estimate of drug-likeness (QED) is 0.858. The van der Waals surface area contributed by atoms with Crippen molar-refractivity contribution >= 4 is 17.3 Å². The van der Waals surface area contributed by atoms with Crippen LogP contribution in [0.15, 0.2) is 36.4 Å². The Morgan fingerprint density at radius 3 is 2.43 bits per heavy atom. The highest BCUT2D eigenvalue weighted by molar-refractivity contribution is 5.93. The second-order valence-electron chi connectivity index (χ2n) is 4.60. The average molecular weight is 322 g/mol. The molecule has 122 valence electrons. The molecule has 0 unspecified atom stereocenters. The summed E-state index contributed by atoms with van der Waals surface area (Å²) in [6.07, 6.45) is 0. The summed E-state index contributed by atoms with van der Waals surface area (Å²) in [6, 6.07) is 8.02. The Balaban J connectivity index is 1.96. The molecule has 0 aromatic heterocycles. The Labute approximate surface area is 132 Å². The van der Waals surface area contributed by atoms with E-state index in [1.165, 1.54) is 20.3 Å². The number of carbonyl (C=O) groups excluding carboxylic acids is 1. The van der Waals surface area contributed by atoms with Crippen LogP contribution in [0.2, 0.25) is 0 Å². The van der Waals surface area contributed by atoms with E-state index in [0.29, 0.717) is 23.3 Å². The molecule has 0 saturated heterocycles. The molecule has 0 saturated carbocycles. The lowest BCUT2D eigenvalue weighted by Gasteiger charge is -2.11. The molecule has 0 radical (unpaired) electrons. The lowest BCUT2D eigenvalue weighted by molar-refractivity contribution is -0.114. The van der Waals surface area contributed by atoms with Crippen molar-refractivity contribution < 1.29 is 23.0 Å². The number of rotatable bonds is 6. The molecule has 2 aromatic rings. The zero-order valence-electron chi connectivity index (χ0n) is 12.7. The van der Waals surface area contributed by atoms with Crippen LogP contribution in [0.5, 0.6) is 11.5 Å². The number of hydrogen-bond acceptors (Lipinski definition) is 4. The molecular weight excluding hydrogens is 306 g/mol. The monoisotopic (exact) mass is 322 g/mol. The number of nitrogens with one attached hydrogen (secondary N) is 2. The van der Waals surface area contributed by atoms with E-state index >= 15 is 0 Å². The highest BCUT2D eigenvalue weighted by Gasteiger charge is 2.09. The highest BCUT2D eigenvalue weighted by atomic mass is 19.1. The molecule has 0 spiro atoms. The van der Waals surface area contributed by atoms with Gasteiger partial charge in [-0.05, 0) is 24.3 Å². The molecule has 2 N–H and O–H groups in total. The van der Waals surface area contributed by atoms with Gasteiger partial charge >= 0.3 is 0 Å². The second kappa shape index (κ2) is 7.44. The molecule has 0 fully saturated rings. The second-order valence-corrected chi connectivity index (χ2v) is 4.60. The maximum atomic E-state index is 13.5. The molecule has 5 nitrogen and oxygen atoms in total. The van der Waals surface area contributed by atoms with Gasteiger partial charge in [-0.1, -0.05) is 0 Å². The highest BCUT2D eigenvalue weighted by Crippen LogP contribution is 2.29. The maximum Gasteiger partial charge on any atom is 0.243 e. The number of halogens is 2. The fourth-order valence-corrected chi connectivity index (χ4v) is 1.91. The van der Waals surface area contributed by atoms with Crippen LogP contribution < -0.4 is 20.1 Å². The first-order valence-electron chi connectivity index (χ1n) is 6.74. The topological polar surface area (TPSA) is 59.6 Å². The van der Waals surface area contributed by atoms with Crippen molar-refractivity contribution in [3.8, 4) is 11.5 Å². The predicted molar refractivity (Wildman–Crippen MR) is 83.0 cm³/mol. The number of ether oxygens (including phenoxy) is 2. The third-order valence-corrected chi connectivity index (χ3v) is 3.04. The molecule has 0 aliphatic heterocycles. The summed E-state index contributed by atoms with van der Waals surface area (Å²) in [6.45, 7) is -0.0910. The van der Waals surface area contributed by atoms with E-state index in [4.69, 9.17) is 9.47 Å². The van der Waals surface area contributed by atoms with Crippen LogP contribution in [0, 0.1) is 11.6 Å². The van der Waals surface area contributed by atoms with E-state index in [1.54, 1.807) is 18.2 Å². The zero-order valence-corrected chi connectivity index (χ0v) is 12.7. The van der Waals surface area contributed by atoms with Crippen molar-refractivity contribution in [1.82, 2.24) is 0 Å². The first-order valence-corrected chi connectivity index (χ1v) is 6.74. The van der Waals surface area contributed by atoms with Crippen LogP contribution in [0.25, 0.3) is 0 Å². The fourth-order valence-electron chi connectivity index (χ4n) is 1.91. The van der Waals surface area contributed by atoms with Gasteiger partial charge in [-0.3, -0.25) is 4.79 Å². The van der Waals surface area contributed by atoms with Gasteiger partial charge < -0.3 is 20.1 Å². The van der Waals surface area contributed by atoms with E-state index in [1.807, 2.05) is 0 Å². The van der Waals surface area contributed by atoms with Gasteiger partial charge in [-0.15, -0.1) is 0 Å². The van der Waals surface area contributed by atoms with Gasteiger partial charge in [-0.25, -0.2) is 8.78 Å². The molecule has 23 heavy (non-hydrogen) atoms. The summed E-state index contributed by atoms with van der Waals surface area (Å²) < 4.78 is 36.5. The number of amides is 1. The van der Waals surface area contributed by atoms with Gasteiger partial charge in [0.15, 0.2) is 11.5 Å². The molecule has 2 rings (SSSR count). The number of methoxy groups -OCH3 is 2. The Morgan fingerprint density at radius 1 is 1.04 bits per heavy atom. The number of benzene rings is 2. The molecule has 0 aliphatic rings. The van der Waals surface area contributed by atoms with Crippen molar-refractivity contribution in [2.75, 3.05) is 31.4 Å². The van der Waals surface area contributed by atoms with Crippen LogP contribution in [-0.4, -0.2) is 26.7 Å². The van der Waals surface area contributed by atoms with Crippen molar-refractivity contribution in [1.29, 1.82) is 0 Å². The molecule has 2 aromatic carbocycles. The first kappa shape index (κ1) is 16.5. The van der Waals surface area contributed by atoms with Gasteiger partial charge in [-0.2, -0.15) is 0 Å². The van der Waals surface area contributed by atoms with Gasteiger partial charge in [0.05, 0.1) is 26.5 Å². The summed E-state index contributed by atoms with van der Waals surface area (Å²) in [5.41, 5.74) is 0.558.